The van der Waals surface area contributed by atoms with E-state index in [2.05, 4.69) is 11.0 Å². The van der Waals surface area contributed by atoms with Crippen molar-refractivity contribution >= 4 is 28.7 Å². The minimum Gasteiger partial charge on any atom is -0.363 e. The summed E-state index contributed by atoms with van der Waals surface area (Å²) in [5, 5.41) is 31.9. The van der Waals surface area contributed by atoms with Gasteiger partial charge in [-0.2, -0.15) is 5.26 Å². The van der Waals surface area contributed by atoms with Crippen molar-refractivity contribution < 1.29 is 9.85 Å². The number of likely N-dealkylation sites (N-methyl/N-ethyl adjacent to an activating group) is 1. The molecule has 0 aromatic heterocycles. The molecule has 2 aromatic carbocycles. The average Bonchev–Trinajstić information content (AvgIpc) is 2.72. The number of nitro benzene ring substituents is 2. The highest BCUT2D eigenvalue weighted by Crippen LogP contribution is 2.31. The Kier molecular flexibility index (Phi) is 5.85. The lowest BCUT2D eigenvalue weighted by molar-refractivity contribution is -0.384. The molecule has 0 unspecified atom stereocenters. The molecule has 148 valence electrons. The molecule has 9 nitrogen and oxygen atoms in total. The molecule has 29 heavy (non-hydrogen) atoms. The molecule has 3 rings (SSSR count). The fourth-order valence-electron chi connectivity index (χ4n) is 3.20. The van der Waals surface area contributed by atoms with Crippen LogP contribution in [0.3, 0.4) is 0 Å². The Morgan fingerprint density at radius 2 is 1.69 bits per heavy atom. The normalized spacial score (nSPS) is 15.0. The molecular weight excluding hydrogens is 374 g/mol. The third-order valence-corrected chi connectivity index (χ3v) is 4.86. The predicted molar refractivity (Wildman–Crippen MR) is 109 cm³/mol. The molecule has 0 saturated carbocycles. The van der Waals surface area contributed by atoms with Gasteiger partial charge in [0.05, 0.1) is 21.5 Å². The van der Waals surface area contributed by atoms with Gasteiger partial charge in [0.1, 0.15) is 5.69 Å². The van der Waals surface area contributed by atoms with Crippen molar-refractivity contribution in [3.63, 3.8) is 0 Å². The van der Waals surface area contributed by atoms with Gasteiger partial charge >= 0.3 is 0 Å². The largest absolute Gasteiger partial charge is 0.363 e. The summed E-state index contributed by atoms with van der Waals surface area (Å²) >= 11 is 0. The highest BCUT2D eigenvalue weighted by Gasteiger charge is 2.23. The first-order valence-corrected chi connectivity index (χ1v) is 8.97. The van der Waals surface area contributed by atoms with Gasteiger partial charge in [-0.25, -0.2) is 0 Å². The van der Waals surface area contributed by atoms with Gasteiger partial charge in [0.25, 0.3) is 11.4 Å². The monoisotopic (exact) mass is 393 g/mol. The first kappa shape index (κ1) is 20.0. The average molecular weight is 393 g/mol. The summed E-state index contributed by atoms with van der Waals surface area (Å²) in [6, 6.07) is 12.6. The van der Waals surface area contributed by atoms with Crippen molar-refractivity contribution in [2.45, 2.75) is 0 Å². The number of anilines is 1. The van der Waals surface area contributed by atoms with Crippen LogP contribution in [0.25, 0.3) is 11.6 Å². The van der Waals surface area contributed by atoms with E-state index in [9.17, 15) is 25.5 Å². The topological polar surface area (TPSA) is 117 Å². The number of non-ortho nitro benzene ring substituents is 1. The van der Waals surface area contributed by atoms with Gasteiger partial charge in [-0.1, -0.05) is 6.07 Å². The second-order valence-corrected chi connectivity index (χ2v) is 6.77. The molecule has 1 aliphatic rings. The van der Waals surface area contributed by atoms with Crippen molar-refractivity contribution in [2.75, 3.05) is 38.1 Å². The Balaban J connectivity index is 1.93. The second-order valence-electron chi connectivity index (χ2n) is 6.77. The fraction of sp³-hybridized carbons (Fsp3) is 0.250. The lowest BCUT2D eigenvalue weighted by atomic mass is 10.0. The Morgan fingerprint density at radius 3 is 2.24 bits per heavy atom. The molecule has 1 fully saturated rings. The Bertz CT molecular complexity index is 1000. The van der Waals surface area contributed by atoms with Gasteiger partial charge < -0.3 is 9.80 Å². The molecule has 0 radical (unpaired) electrons. The van der Waals surface area contributed by atoms with Gasteiger partial charge in [0.15, 0.2) is 0 Å². The number of rotatable bonds is 5. The van der Waals surface area contributed by atoms with E-state index in [0.29, 0.717) is 29.9 Å². The molecule has 2 aromatic rings. The standard InChI is InChI=1S/C20H19N5O4/c1-22-8-10-23(11-9-22)19-7-2-15(13-20(19)25(28)29)12-17(14-21)16-3-5-18(6-4-16)24(26)27/h2-7,12-13H,8-11H2,1H3. The van der Waals surface area contributed by atoms with Gasteiger partial charge in [0, 0.05) is 44.4 Å². The third kappa shape index (κ3) is 4.56. The van der Waals surface area contributed by atoms with Gasteiger partial charge in [-0.3, -0.25) is 20.2 Å². The maximum absolute atomic E-state index is 11.6. The first-order chi connectivity index (χ1) is 13.9. The van der Waals surface area contributed by atoms with E-state index in [0.717, 1.165) is 13.1 Å². The van der Waals surface area contributed by atoms with Crippen LogP contribution in [0.1, 0.15) is 11.1 Å². The van der Waals surface area contributed by atoms with E-state index in [1.54, 1.807) is 18.2 Å². The number of nitro groups is 2. The maximum Gasteiger partial charge on any atom is 0.293 e. The molecule has 1 heterocycles. The van der Waals surface area contributed by atoms with Gasteiger partial charge in [-0.05, 0) is 42.4 Å². The van der Waals surface area contributed by atoms with E-state index in [4.69, 9.17) is 0 Å². The SMILES string of the molecule is CN1CCN(c2ccc(C=C(C#N)c3ccc([N+](=O)[O-])cc3)cc2[N+](=O)[O-])CC1. The minimum absolute atomic E-state index is 0.00991. The van der Waals surface area contributed by atoms with Crippen LogP contribution in [-0.2, 0) is 0 Å². The molecule has 0 bridgehead atoms. The highest BCUT2D eigenvalue weighted by atomic mass is 16.6. The van der Waals surface area contributed by atoms with E-state index in [1.807, 2.05) is 11.9 Å². The zero-order valence-electron chi connectivity index (χ0n) is 15.8. The van der Waals surface area contributed by atoms with Crippen molar-refractivity contribution in [1.29, 1.82) is 5.26 Å². The van der Waals surface area contributed by atoms with Crippen LogP contribution in [0.15, 0.2) is 42.5 Å². The van der Waals surface area contributed by atoms with E-state index in [-0.39, 0.29) is 16.9 Å². The summed E-state index contributed by atoms with van der Waals surface area (Å²) in [4.78, 5) is 25.6. The number of nitriles is 1. The van der Waals surface area contributed by atoms with Crippen LogP contribution in [0.2, 0.25) is 0 Å². The van der Waals surface area contributed by atoms with E-state index < -0.39 is 9.85 Å². The van der Waals surface area contributed by atoms with Crippen molar-refractivity contribution in [1.82, 2.24) is 4.90 Å². The molecule has 1 saturated heterocycles. The predicted octanol–water partition coefficient (Wildman–Crippen LogP) is 3.32. The summed E-state index contributed by atoms with van der Waals surface area (Å²) in [7, 11) is 2.02. The number of hydrogen-bond donors (Lipinski definition) is 0. The number of benzene rings is 2. The minimum atomic E-state index is -0.514. The molecular formula is C20H19N5O4. The zero-order chi connectivity index (χ0) is 21.0. The lowest BCUT2D eigenvalue weighted by Crippen LogP contribution is -2.44. The molecule has 0 N–H and O–H groups in total. The maximum atomic E-state index is 11.6. The van der Waals surface area contributed by atoms with E-state index >= 15 is 0 Å². The smallest absolute Gasteiger partial charge is 0.293 e. The molecule has 0 spiro atoms. The Morgan fingerprint density at radius 1 is 1.03 bits per heavy atom. The Labute approximate surface area is 167 Å². The van der Waals surface area contributed by atoms with Gasteiger partial charge in [0.2, 0.25) is 0 Å². The third-order valence-electron chi connectivity index (χ3n) is 4.86. The van der Waals surface area contributed by atoms with Gasteiger partial charge in [-0.15, -0.1) is 0 Å². The lowest BCUT2D eigenvalue weighted by Gasteiger charge is -2.33. The van der Waals surface area contributed by atoms with E-state index in [1.165, 1.54) is 30.3 Å². The summed E-state index contributed by atoms with van der Waals surface area (Å²) in [5.41, 5.74) is 1.77. The second kappa shape index (κ2) is 8.50. The van der Waals surface area contributed by atoms with Crippen LogP contribution in [0.4, 0.5) is 17.1 Å². The molecule has 1 aliphatic heterocycles. The summed E-state index contributed by atoms with van der Waals surface area (Å²) in [6.45, 7) is 3.08. The number of hydrogen-bond acceptors (Lipinski definition) is 7. The number of piperazine rings is 1. The van der Waals surface area contributed by atoms with Crippen LogP contribution in [-0.4, -0.2) is 48.0 Å². The van der Waals surface area contributed by atoms with Crippen LogP contribution < -0.4 is 4.90 Å². The molecule has 0 amide bonds. The molecule has 0 aliphatic carbocycles. The summed E-state index contributed by atoms with van der Waals surface area (Å²) in [5.74, 6) is 0. The number of allylic oxidation sites excluding steroid dienone is 1. The Hall–Kier alpha value is -3.77. The van der Waals surface area contributed by atoms with Crippen LogP contribution in [0, 0.1) is 31.6 Å². The van der Waals surface area contributed by atoms with Crippen molar-refractivity contribution in [3.8, 4) is 6.07 Å². The fourth-order valence-corrected chi connectivity index (χ4v) is 3.20. The van der Waals surface area contributed by atoms with Crippen LogP contribution >= 0.6 is 0 Å². The molecule has 9 heteroatoms. The summed E-state index contributed by atoms with van der Waals surface area (Å²) < 4.78 is 0. The summed E-state index contributed by atoms with van der Waals surface area (Å²) in [6.07, 6.45) is 1.54. The number of nitrogens with zero attached hydrogens (tertiary/aromatic N) is 5. The quantitative estimate of drug-likeness (QED) is 0.331. The zero-order valence-corrected chi connectivity index (χ0v) is 15.8. The molecule has 0 atom stereocenters. The van der Waals surface area contributed by atoms with Crippen LogP contribution in [0.5, 0.6) is 0 Å². The first-order valence-electron chi connectivity index (χ1n) is 8.97. The van der Waals surface area contributed by atoms with Crippen molar-refractivity contribution in [2.24, 2.45) is 0 Å². The van der Waals surface area contributed by atoms with Crippen molar-refractivity contribution in [3.05, 3.63) is 73.8 Å². The highest BCUT2D eigenvalue weighted by molar-refractivity contribution is 5.90.